The molecule has 7 heteroatoms. The molecular formula is C18H14N4O2S. The van der Waals surface area contributed by atoms with Crippen molar-refractivity contribution in [3.63, 3.8) is 0 Å². The van der Waals surface area contributed by atoms with Crippen LogP contribution in [-0.4, -0.2) is 25.5 Å². The van der Waals surface area contributed by atoms with Crippen molar-refractivity contribution in [2.45, 2.75) is 19.8 Å². The molecule has 124 valence electrons. The van der Waals surface area contributed by atoms with Gasteiger partial charge in [-0.3, -0.25) is 14.7 Å². The molecule has 4 aromatic rings. The molecule has 3 heterocycles. The molecule has 0 amide bonds. The van der Waals surface area contributed by atoms with Crippen LogP contribution in [0.4, 0.5) is 0 Å². The lowest BCUT2D eigenvalue weighted by Crippen LogP contribution is -2.21. The summed E-state index contributed by atoms with van der Waals surface area (Å²) in [6.07, 6.45) is 2.81. The SMILES string of the molecule is C[C@@H]1CC(=O)c2cnc3[nH]n(-c4nc5ccccc5s4)c(=O)c3c2C1. The number of carbonyl (C=O) groups is 1. The van der Waals surface area contributed by atoms with Gasteiger partial charge in [0.25, 0.3) is 5.56 Å². The standard InChI is InChI=1S/C18H14N4O2S/c1-9-6-10-11(13(23)7-9)8-19-16-15(10)17(24)22(21-16)18-20-12-4-2-3-5-14(12)25-18/h2-5,8-9H,6-7H2,1H3,(H,19,21)/t9-/m0/s1. The van der Waals surface area contributed by atoms with E-state index >= 15 is 0 Å². The van der Waals surface area contributed by atoms with E-state index in [1.807, 2.05) is 31.2 Å². The Bertz CT molecular complexity index is 1180. The zero-order valence-corrected chi connectivity index (χ0v) is 14.3. The number of thiazole rings is 1. The van der Waals surface area contributed by atoms with Gasteiger partial charge in [0.15, 0.2) is 11.4 Å². The Morgan fingerprint density at radius 1 is 1.24 bits per heavy atom. The molecule has 0 bridgehead atoms. The van der Waals surface area contributed by atoms with Gasteiger partial charge in [0.1, 0.15) is 0 Å². The highest BCUT2D eigenvalue weighted by atomic mass is 32.1. The summed E-state index contributed by atoms with van der Waals surface area (Å²) in [5.74, 6) is 0.297. The highest BCUT2D eigenvalue weighted by molar-refractivity contribution is 7.20. The van der Waals surface area contributed by atoms with E-state index in [1.165, 1.54) is 16.0 Å². The Balaban J connectivity index is 1.78. The molecule has 1 atom stereocenters. The molecular weight excluding hydrogens is 336 g/mol. The lowest BCUT2D eigenvalue weighted by atomic mass is 9.84. The van der Waals surface area contributed by atoms with Gasteiger partial charge in [0.05, 0.1) is 15.6 Å². The van der Waals surface area contributed by atoms with E-state index in [-0.39, 0.29) is 17.3 Å². The predicted octanol–water partition coefficient (Wildman–Crippen LogP) is 3.09. The van der Waals surface area contributed by atoms with Gasteiger partial charge in [0.2, 0.25) is 5.13 Å². The third-order valence-electron chi connectivity index (χ3n) is 4.68. The third kappa shape index (κ3) is 2.09. The van der Waals surface area contributed by atoms with Crippen molar-refractivity contribution >= 4 is 38.4 Å². The van der Waals surface area contributed by atoms with E-state index < -0.39 is 0 Å². The van der Waals surface area contributed by atoms with E-state index in [4.69, 9.17) is 0 Å². The van der Waals surface area contributed by atoms with Gasteiger partial charge in [0, 0.05) is 18.2 Å². The maximum atomic E-state index is 13.0. The zero-order valence-electron chi connectivity index (χ0n) is 13.4. The number of aromatic nitrogens is 4. The molecule has 0 saturated carbocycles. The minimum atomic E-state index is -0.194. The maximum Gasteiger partial charge on any atom is 0.283 e. The van der Waals surface area contributed by atoms with Crippen molar-refractivity contribution < 1.29 is 4.79 Å². The van der Waals surface area contributed by atoms with Gasteiger partial charge < -0.3 is 0 Å². The molecule has 5 rings (SSSR count). The second-order valence-electron chi connectivity index (χ2n) is 6.53. The second-order valence-corrected chi connectivity index (χ2v) is 7.54. The summed E-state index contributed by atoms with van der Waals surface area (Å²) in [5.41, 5.74) is 2.56. The lowest BCUT2D eigenvalue weighted by molar-refractivity contribution is 0.0953. The topological polar surface area (TPSA) is 80.6 Å². The first-order valence-corrected chi connectivity index (χ1v) is 8.95. The molecule has 6 nitrogen and oxygen atoms in total. The minimum absolute atomic E-state index is 0.0651. The van der Waals surface area contributed by atoms with Crippen LogP contribution in [0.2, 0.25) is 0 Å². The summed E-state index contributed by atoms with van der Waals surface area (Å²) in [7, 11) is 0. The monoisotopic (exact) mass is 350 g/mol. The number of Topliss-reactive ketones (excluding diaryl/α,β-unsaturated/α-hetero) is 1. The predicted molar refractivity (Wildman–Crippen MR) is 96.7 cm³/mol. The Labute approximate surface area is 146 Å². The number of para-hydroxylation sites is 1. The normalized spacial score (nSPS) is 17.3. The maximum absolute atomic E-state index is 13.0. The Hall–Kier alpha value is -2.80. The average Bonchev–Trinajstić information content (AvgIpc) is 3.15. The van der Waals surface area contributed by atoms with Crippen LogP contribution in [0.25, 0.3) is 26.4 Å². The fraction of sp³-hybridized carbons (Fsp3) is 0.222. The molecule has 0 radical (unpaired) electrons. The van der Waals surface area contributed by atoms with Gasteiger partial charge in [-0.15, -0.1) is 0 Å². The second kappa shape index (κ2) is 5.10. The molecule has 0 spiro atoms. The largest absolute Gasteiger partial charge is 0.294 e. The summed E-state index contributed by atoms with van der Waals surface area (Å²) >= 11 is 1.44. The Morgan fingerprint density at radius 2 is 2.08 bits per heavy atom. The van der Waals surface area contributed by atoms with Crippen LogP contribution in [0.5, 0.6) is 0 Å². The number of H-pyrrole nitrogens is 1. The molecule has 0 fully saturated rings. The first-order valence-electron chi connectivity index (χ1n) is 8.13. The van der Waals surface area contributed by atoms with Crippen molar-refractivity contribution in [2.24, 2.45) is 5.92 Å². The number of hydrogen-bond acceptors (Lipinski definition) is 5. The highest BCUT2D eigenvalue weighted by Crippen LogP contribution is 2.29. The molecule has 0 aliphatic heterocycles. The van der Waals surface area contributed by atoms with Gasteiger partial charge in [-0.2, -0.15) is 4.68 Å². The molecule has 1 aliphatic rings. The van der Waals surface area contributed by atoms with E-state index in [0.29, 0.717) is 34.6 Å². The van der Waals surface area contributed by atoms with Gasteiger partial charge in [-0.05, 0) is 30.0 Å². The number of benzene rings is 1. The summed E-state index contributed by atoms with van der Waals surface area (Å²) in [6, 6.07) is 7.77. The zero-order chi connectivity index (χ0) is 17.1. The Morgan fingerprint density at radius 3 is 2.92 bits per heavy atom. The van der Waals surface area contributed by atoms with Crippen LogP contribution in [0.1, 0.15) is 29.3 Å². The number of hydrogen-bond donors (Lipinski definition) is 1. The first-order chi connectivity index (χ1) is 12.1. The van der Waals surface area contributed by atoms with Crippen molar-refractivity contribution in [2.75, 3.05) is 0 Å². The smallest absolute Gasteiger partial charge is 0.283 e. The molecule has 0 saturated heterocycles. The minimum Gasteiger partial charge on any atom is -0.294 e. The van der Waals surface area contributed by atoms with E-state index in [1.54, 1.807) is 6.20 Å². The van der Waals surface area contributed by atoms with Gasteiger partial charge in [-0.1, -0.05) is 30.4 Å². The van der Waals surface area contributed by atoms with E-state index in [9.17, 15) is 9.59 Å². The number of rotatable bonds is 1. The van der Waals surface area contributed by atoms with Gasteiger partial charge >= 0.3 is 0 Å². The van der Waals surface area contributed by atoms with Gasteiger partial charge in [-0.25, -0.2) is 9.97 Å². The molecule has 0 unspecified atom stereocenters. The highest BCUT2D eigenvalue weighted by Gasteiger charge is 2.27. The van der Waals surface area contributed by atoms with Crippen LogP contribution in [-0.2, 0) is 6.42 Å². The summed E-state index contributed by atoms with van der Waals surface area (Å²) < 4.78 is 2.45. The number of nitrogens with one attached hydrogen (secondary N) is 1. The average molecular weight is 350 g/mol. The molecule has 1 aliphatic carbocycles. The van der Waals surface area contributed by atoms with Crippen LogP contribution in [0.15, 0.2) is 35.3 Å². The number of carbonyl (C=O) groups excluding carboxylic acids is 1. The molecule has 25 heavy (non-hydrogen) atoms. The summed E-state index contributed by atoms with van der Waals surface area (Å²) in [6.45, 7) is 2.03. The number of nitrogens with zero attached hydrogens (tertiary/aromatic N) is 3. The van der Waals surface area contributed by atoms with Crippen molar-refractivity contribution in [3.8, 4) is 5.13 Å². The quantitative estimate of drug-likeness (QED) is 0.572. The van der Waals surface area contributed by atoms with E-state index in [2.05, 4.69) is 15.1 Å². The van der Waals surface area contributed by atoms with Crippen LogP contribution in [0, 0.1) is 5.92 Å². The third-order valence-corrected chi connectivity index (χ3v) is 5.70. The fourth-order valence-corrected chi connectivity index (χ4v) is 4.45. The molecule has 3 aromatic heterocycles. The first kappa shape index (κ1) is 14.5. The molecule has 1 aromatic carbocycles. The number of fused-ring (bicyclic) bond motifs is 4. The molecule has 1 N–H and O–H groups in total. The van der Waals surface area contributed by atoms with Crippen molar-refractivity contribution in [1.29, 1.82) is 0 Å². The number of ketones is 1. The number of pyridine rings is 1. The van der Waals surface area contributed by atoms with E-state index in [0.717, 1.165) is 15.8 Å². The van der Waals surface area contributed by atoms with Crippen molar-refractivity contribution in [1.82, 2.24) is 19.7 Å². The van der Waals surface area contributed by atoms with Crippen LogP contribution >= 0.6 is 11.3 Å². The fourth-order valence-electron chi connectivity index (χ4n) is 3.52. The van der Waals surface area contributed by atoms with Crippen molar-refractivity contribution in [3.05, 3.63) is 51.9 Å². The lowest BCUT2D eigenvalue weighted by Gasteiger charge is -2.19. The summed E-state index contributed by atoms with van der Waals surface area (Å²) in [5, 5.41) is 4.14. The van der Waals surface area contributed by atoms with Crippen LogP contribution < -0.4 is 5.56 Å². The number of aromatic amines is 1. The summed E-state index contributed by atoms with van der Waals surface area (Å²) in [4.78, 5) is 34.2. The van der Waals surface area contributed by atoms with Crippen LogP contribution in [0.3, 0.4) is 0 Å². The Kier molecular flexibility index (Phi) is 2.96.